The zero-order valence-electron chi connectivity index (χ0n) is 9.52. The van der Waals surface area contributed by atoms with Gasteiger partial charge in [-0.2, -0.15) is 0 Å². The number of nitrogens with zero attached hydrogens (tertiary/aromatic N) is 2. The Bertz CT molecular complexity index is 427. The van der Waals surface area contributed by atoms with Crippen molar-refractivity contribution in [2.45, 2.75) is 27.2 Å². The molecule has 1 aromatic rings. The van der Waals surface area contributed by atoms with Crippen LogP contribution in [0.25, 0.3) is 0 Å². The smallest absolute Gasteiger partial charge is 0.354 e. The van der Waals surface area contributed by atoms with E-state index in [1.165, 1.54) is 6.07 Å². The first-order valence-corrected chi connectivity index (χ1v) is 5.00. The molecule has 0 aliphatic heterocycles. The van der Waals surface area contributed by atoms with Crippen molar-refractivity contribution in [2.24, 2.45) is 5.92 Å². The highest BCUT2D eigenvalue weighted by atomic mass is 16.4. The molecule has 5 nitrogen and oxygen atoms in total. The van der Waals surface area contributed by atoms with Crippen LogP contribution in [0.15, 0.2) is 6.07 Å². The summed E-state index contributed by atoms with van der Waals surface area (Å²) >= 11 is 0. The third-order valence-corrected chi connectivity index (χ3v) is 2.10. The third kappa shape index (κ3) is 3.12. The molecule has 0 amide bonds. The number of carbonyl (C=O) groups excluding carboxylic acids is 1. The quantitative estimate of drug-likeness (QED) is 0.829. The van der Waals surface area contributed by atoms with Crippen molar-refractivity contribution in [1.29, 1.82) is 0 Å². The molecule has 1 rings (SSSR count). The number of ketones is 1. The van der Waals surface area contributed by atoms with Crippen LogP contribution < -0.4 is 0 Å². The van der Waals surface area contributed by atoms with Crippen molar-refractivity contribution in [3.63, 3.8) is 0 Å². The number of aryl methyl sites for hydroxylation is 1. The number of aromatic nitrogens is 2. The van der Waals surface area contributed by atoms with E-state index in [-0.39, 0.29) is 29.6 Å². The number of hydrogen-bond donors (Lipinski definition) is 1. The van der Waals surface area contributed by atoms with Crippen LogP contribution in [0.1, 0.15) is 35.9 Å². The summed E-state index contributed by atoms with van der Waals surface area (Å²) in [6.45, 7) is 5.25. The predicted molar refractivity (Wildman–Crippen MR) is 57.3 cm³/mol. The molecule has 0 aliphatic rings. The van der Waals surface area contributed by atoms with Gasteiger partial charge in [-0.05, 0) is 13.0 Å². The second-order valence-electron chi connectivity index (χ2n) is 3.91. The van der Waals surface area contributed by atoms with E-state index in [9.17, 15) is 9.59 Å². The number of hydrogen-bond acceptors (Lipinski definition) is 4. The fraction of sp³-hybridized carbons (Fsp3) is 0.455. The Morgan fingerprint density at radius 2 is 2.00 bits per heavy atom. The fourth-order valence-corrected chi connectivity index (χ4v) is 1.18. The molecule has 0 atom stereocenters. The SMILES string of the molecule is Cc1cc(C(=O)O)nc(CC(=O)C(C)C)n1. The van der Waals surface area contributed by atoms with E-state index in [2.05, 4.69) is 9.97 Å². The van der Waals surface area contributed by atoms with E-state index in [1.807, 2.05) is 0 Å². The molecule has 0 fully saturated rings. The number of rotatable bonds is 4. The van der Waals surface area contributed by atoms with Gasteiger partial charge in [-0.15, -0.1) is 0 Å². The summed E-state index contributed by atoms with van der Waals surface area (Å²) in [5.41, 5.74) is 0.484. The first kappa shape index (κ1) is 12.3. The van der Waals surface area contributed by atoms with E-state index in [0.29, 0.717) is 5.69 Å². The van der Waals surface area contributed by atoms with Crippen LogP contribution in [0.4, 0.5) is 0 Å². The molecule has 0 spiro atoms. The molecule has 0 bridgehead atoms. The normalized spacial score (nSPS) is 10.5. The molecule has 0 saturated carbocycles. The fourth-order valence-electron chi connectivity index (χ4n) is 1.18. The molecule has 1 N–H and O–H groups in total. The summed E-state index contributed by atoms with van der Waals surface area (Å²) in [6, 6.07) is 1.38. The zero-order valence-corrected chi connectivity index (χ0v) is 9.52. The van der Waals surface area contributed by atoms with E-state index >= 15 is 0 Å². The number of carboxylic acid groups (broad SMARTS) is 1. The molecule has 0 unspecified atom stereocenters. The van der Waals surface area contributed by atoms with Crippen LogP contribution >= 0.6 is 0 Å². The van der Waals surface area contributed by atoms with Gasteiger partial charge in [-0.3, -0.25) is 4.79 Å². The Kier molecular flexibility index (Phi) is 3.71. The van der Waals surface area contributed by atoms with Crippen molar-refractivity contribution >= 4 is 11.8 Å². The van der Waals surface area contributed by atoms with Gasteiger partial charge >= 0.3 is 5.97 Å². The molecule has 1 aromatic heterocycles. The lowest BCUT2D eigenvalue weighted by atomic mass is 10.1. The molecule has 0 saturated heterocycles. The highest BCUT2D eigenvalue weighted by molar-refractivity contribution is 5.86. The van der Waals surface area contributed by atoms with Gasteiger partial charge in [0.15, 0.2) is 5.69 Å². The van der Waals surface area contributed by atoms with E-state index in [4.69, 9.17) is 5.11 Å². The summed E-state index contributed by atoms with van der Waals surface area (Å²) in [4.78, 5) is 30.1. The predicted octanol–water partition coefficient (Wildman–Crippen LogP) is 1.25. The maximum absolute atomic E-state index is 11.5. The maximum atomic E-state index is 11.5. The summed E-state index contributed by atoms with van der Waals surface area (Å²) in [7, 11) is 0. The van der Waals surface area contributed by atoms with Gasteiger partial charge in [0.2, 0.25) is 0 Å². The second kappa shape index (κ2) is 4.83. The number of carboxylic acids is 1. The Labute approximate surface area is 93.5 Å². The number of carbonyl (C=O) groups is 2. The minimum atomic E-state index is -1.11. The van der Waals surface area contributed by atoms with Crippen molar-refractivity contribution in [3.05, 3.63) is 23.3 Å². The van der Waals surface area contributed by atoms with Crippen LogP contribution in [-0.4, -0.2) is 26.8 Å². The molecule has 86 valence electrons. The molecule has 1 heterocycles. The van der Waals surface area contributed by atoms with Gasteiger partial charge in [0.25, 0.3) is 0 Å². The average Bonchev–Trinajstić information content (AvgIpc) is 2.16. The van der Waals surface area contributed by atoms with Crippen LogP contribution in [-0.2, 0) is 11.2 Å². The van der Waals surface area contributed by atoms with E-state index in [0.717, 1.165) is 0 Å². The number of aromatic carboxylic acids is 1. The Hall–Kier alpha value is -1.78. The molecule has 0 aliphatic carbocycles. The Morgan fingerprint density at radius 1 is 1.38 bits per heavy atom. The van der Waals surface area contributed by atoms with Gasteiger partial charge < -0.3 is 5.11 Å². The third-order valence-electron chi connectivity index (χ3n) is 2.10. The lowest BCUT2D eigenvalue weighted by molar-refractivity contribution is -0.121. The van der Waals surface area contributed by atoms with Crippen LogP contribution in [0.5, 0.6) is 0 Å². The van der Waals surface area contributed by atoms with Crippen LogP contribution in [0, 0.1) is 12.8 Å². The molecule has 5 heteroatoms. The Balaban J connectivity index is 2.97. The topological polar surface area (TPSA) is 80.1 Å². The number of Topliss-reactive ketones (excluding diaryl/α,β-unsaturated/α-hetero) is 1. The van der Waals surface area contributed by atoms with Gasteiger partial charge in [0, 0.05) is 11.6 Å². The maximum Gasteiger partial charge on any atom is 0.354 e. The first-order valence-electron chi connectivity index (χ1n) is 5.00. The Morgan fingerprint density at radius 3 is 2.50 bits per heavy atom. The molecule has 16 heavy (non-hydrogen) atoms. The molecular formula is C11H14N2O3. The van der Waals surface area contributed by atoms with Gasteiger partial charge in [0.1, 0.15) is 11.6 Å². The van der Waals surface area contributed by atoms with Crippen molar-refractivity contribution in [2.75, 3.05) is 0 Å². The van der Waals surface area contributed by atoms with Gasteiger partial charge in [-0.1, -0.05) is 13.8 Å². The lowest BCUT2D eigenvalue weighted by Gasteiger charge is -2.04. The van der Waals surface area contributed by atoms with Crippen LogP contribution in [0.3, 0.4) is 0 Å². The molecule has 0 radical (unpaired) electrons. The largest absolute Gasteiger partial charge is 0.477 e. The average molecular weight is 222 g/mol. The monoisotopic (exact) mass is 222 g/mol. The van der Waals surface area contributed by atoms with Crippen LogP contribution in [0.2, 0.25) is 0 Å². The van der Waals surface area contributed by atoms with E-state index < -0.39 is 5.97 Å². The van der Waals surface area contributed by atoms with Gasteiger partial charge in [-0.25, -0.2) is 14.8 Å². The van der Waals surface area contributed by atoms with Gasteiger partial charge in [0.05, 0.1) is 6.42 Å². The second-order valence-corrected chi connectivity index (χ2v) is 3.91. The van der Waals surface area contributed by atoms with Crippen molar-refractivity contribution in [3.8, 4) is 0 Å². The highest BCUT2D eigenvalue weighted by Crippen LogP contribution is 2.05. The summed E-state index contributed by atoms with van der Waals surface area (Å²) in [5, 5.41) is 8.80. The summed E-state index contributed by atoms with van der Waals surface area (Å²) in [5.74, 6) is -0.931. The molecular weight excluding hydrogens is 208 g/mol. The molecule has 0 aromatic carbocycles. The minimum Gasteiger partial charge on any atom is -0.477 e. The standard InChI is InChI=1S/C11H14N2O3/c1-6(2)9(14)5-10-12-7(3)4-8(13-10)11(15)16/h4,6H,5H2,1-3H3,(H,15,16). The summed E-state index contributed by atoms with van der Waals surface area (Å²) in [6.07, 6.45) is 0.0830. The first-order chi connectivity index (χ1) is 7.40. The van der Waals surface area contributed by atoms with E-state index in [1.54, 1.807) is 20.8 Å². The zero-order chi connectivity index (χ0) is 12.3. The summed E-state index contributed by atoms with van der Waals surface area (Å²) < 4.78 is 0. The minimum absolute atomic E-state index is 0.00180. The lowest BCUT2D eigenvalue weighted by Crippen LogP contribution is -2.15. The van der Waals surface area contributed by atoms with Crippen molar-refractivity contribution < 1.29 is 14.7 Å². The van der Waals surface area contributed by atoms with Crippen molar-refractivity contribution in [1.82, 2.24) is 9.97 Å². The highest BCUT2D eigenvalue weighted by Gasteiger charge is 2.13.